The minimum Gasteiger partial charge on any atom is -0.379 e. The van der Waals surface area contributed by atoms with Crippen molar-refractivity contribution in [1.29, 1.82) is 0 Å². The molecule has 0 atom stereocenters. The first-order valence-corrected chi connectivity index (χ1v) is 8.73. The Hall–Kier alpha value is -1.24. The first-order valence-electron chi connectivity index (χ1n) is 6.97. The maximum atomic E-state index is 12.2. The molecule has 6 heteroatoms. The fourth-order valence-corrected chi connectivity index (χ4v) is 3.48. The van der Waals surface area contributed by atoms with Crippen molar-refractivity contribution < 1.29 is 9.53 Å². The third-order valence-electron chi connectivity index (χ3n) is 2.83. The maximum absolute atomic E-state index is 12.2. The number of rotatable bonds is 7. The van der Waals surface area contributed by atoms with E-state index in [0.717, 1.165) is 22.7 Å². The van der Waals surface area contributed by atoms with Gasteiger partial charge in [-0.25, -0.2) is 4.98 Å². The zero-order valence-electron chi connectivity index (χ0n) is 12.5. The number of amides is 1. The average Bonchev–Trinajstić information content (AvgIpc) is 3.06. The van der Waals surface area contributed by atoms with Crippen molar-refractivity contribution in [3.8, 4) is 10.6 Å². The van der Waals surface area contributed by atoms with E-state index < -0.39 is 0 Å². The highest BCUT2D eigenvalue weighted by atomic mass is 32.1. The Morgan fingerprint density at radius 1 is 1.48 bits per heavy atom. The zero-order valence-corrected chi connectivity index (χ0v) is 14.1. The second-order valence-electron chi connectivity index (χ2n) is 4.97. The van der Waals surface area contributed by atoms with Gasteiger partial charge in [0.05, 0.1) is 11.8 Å². The van der Waals surface area contributed by atoms with E-state index in [9.17, 15) is 4.79 Å². The van der Waals surface area contributed by atoms with Crippen LogP contribution in [0.4, 0.5) is 0 Å². The molecule has 0 aliphatic heterocycles. The third kappa shape index (κ3) is 4.62. The molecule has 2 heterocycles. The van der Waals surface area contributed by atoms with Gasteiger partial charge in [0.2, 0.25) is 0 Å². The van der Waals surface area contributed by atoms with Gasteiger partial charge in [0, 0.05) is 24.1 Å². The van der Waals surface area contributed by atoms with E-state index in [-0.39, 0.29) is 12.0 Å². The number of carbonyl (C=O) groups excluding carboxylic acids is 1. The van der Waals surface area contributed by atoms with E-state index in [1.807, 2.05) is 37.6 Å². The highest BCUT2D eigenvalue weighted by Gasteiger charge is 2.15. The summed E-state index contributed by atoms with van der Waals surface area (Å²) in [7, 11) is 0. The zero-order chi connectivity index (χ0) is 15.2. The van der Waals surface area contributed by atoms with Crippen LogP contribution in [0.15, 0.2) is 16.8 Å². The van der Waals surface area contributed by atoms with Crippen molar-refractivity contribution in [2.45, 2.75) is 33.3 Å². The molecule has 0 spiro atoms. The van der Waals surface area contributed by atoms with Gasteiger partial charge in [-0.2, -0.15) is 11.3 Å². The van der Waals surface area contributed by atoms with Crippen LogP contribution >= 0.6 is 22.7 Å². The summed E-state index contributed by atoms with van der Waals surface area (Å²) < 4.78 is 5.45. The molecule has 1 N–H and O–H groups in total. The molecule has 4 nitrogen and oxygen atoms in total. The van der Waals surface area contributed by atoms with E-state index in [2.05, 4.69) is 10.3 Å². The second-order valence-corrected chi connectivity index (χ2v) is 6.75. The quantitative estimate of drug-likeness (QED) is 0.790. The van der Waals surface area contributed by atoms with Gasteiger partial charge in [-0.15, -0.1) is 11.3 Å². The predicted octanol–water partition coefficient (Wildman–Crippen LogP) is 3.72. The van der Waals surface area contributed by atoms with Crippen molar-refractivity contribution in [3.63, 3.8) is 0 Å². The lowest BCUT2D eigenvalue weighted by Crippen LogP contribution is -2.25. The molecule has 0 radical (unpaired) electrons. The Kier molecular flexibility index (Phi) is 5.90. The summed E-state index contributed by atoms with van der Waals surface area (Å²) in [6, 6.07) is 2.02. The molecule has 0 saturated heterocycles. The molecule has 21 heavy (non-hydrogen) atoms. The van der Waals surface area contributed by atoms with E-state index in [1.165, 1.54) is 11.3 Å². The smallest absolute Gasteiger partial charge is 0.263 e. The minimum atomic E-state index is -0.0453. The Bertz CT molecular complexity index is 577. The maximum Gasteiger partial charge on any atom is 0.263 e. The van der Waals surface area contributed by atoms with Crippen molar-refractivity contribution in [3.05, 3.63) is 27.4 Å². The van der Waals surface area contributed by atoms with Crippen LogP contribution in [0.1, 0.15) is 35.6 Å². The summed E-state index contributed by atoms with van der Waals surface area (Å²) in [5.41, 5.74) is 1.87. The van der Waals surface area contributed by atoms with Gasteiger partial charge in [0.1, 0.15) is 9.88 Å². The molecule has 0 bridgehead atoms. The fourth-order valence-electron chi connectivity index (χ4n) is 1.79. The van der Waals surface area contributed by atoms with E-state index in [0.29, 0.717) is 18.0 Å². The van der Waals surface area contributed by atoms with Crippen LogP contribution in [0, 0.1) is 6.92 Å². The van der Waals surface area contributed by atoms with Gasteiger partial charge in [0.15, 0.2) is 0 Å². The Labute approximate surface area is 133 Å². The van der Waals surface area contributed by atoms with Crippen molar-refractivity contribution >= 4 is 28.6 Å². The molecule has 0 aromatic carbocycles. The molecule has 0 unspecified atom stereocenters. The van der Waals surface area contributed by atoms with E-state index in [1.54, 1.807) is 11.3 Å². The first-order chi connectivity index (χ1) is 10.1. The molecule has 2 rings (SSSR count). The molecule has 0 saturated carbocycles. The fraction of sp³-hybridized carbons (Fsp3) is 0.467. The van der Waals surface area contributed by atoms with Gasteiger partial charge in [-0.05, 0) is 38.6 Å². The summed E-state index contributed by atoms with van der Waals surface area (Å²) >= 11 is 3.08. The number of aryl methyl sites for hydroxylation is 1. The second kappa shape index (κ2) is 7.68. The van der Waals surface area contributed by atoms with Crippen LogP contribution < -0.4 is 5.32 Å². The standard InChI is InChI=1S/C15H20N2O2S2/c1-10(2)19-7-4-6-16-14(18)13-11(3)17-15(21-13)12-5-8-20-9-12/h5,8-10H,4,6-7H2,1-3H3,(H,16,18). The van der Waals surface area contributed by atoms with Crippen LogP contribution in [0.5, 0.6) is 0 Å². The molecular formula is C15H20N2O2S2. The largest absolute Gasteiger partial charge is 0.379 e. The third-order valence-corrected chi connectivity index (χ3v) is 4.72. The number of ether oxygens (including phenoxy) is 1. The number of thiophene rings is 1. The number of hydrogen-bond acceptors (Lipinski definition) is 5. The summed E-state index contributed by atoms with van der Waals surface area (Å²) in [6.45, 7) is 7.18. The number of carbonyl (C=O) groups is 1. The lowest BCUT2D eigenvalue weighted by Gasteiger charge is -2.07. The van der Waals surface area contributed by atoms with E-state index in [4.69, 9.17) is 4.74 Å². The molecule has 2 aromatic rings. The Morgan fingerprint density at radius 2 is 2.29 bits per heavy atom. The monoisotopic (exact) mass is 324 g/mol. The van der Waals surface area contributed by atoms with Gasteiger partial charge in [-0.3, -0.25) is 4.79 Å². The number of nitrogens with one attached hydrogen (secondary N) is 1. The number of aromatic nitrogens is 1. The summed E-state index contributed by atoms with van der Waals surface area (Å²) in [5, 5.41) is 7.89. The van der Waals surface area contributed by atoms with Gasteiger partial charge < -0.3 is 10.1 Å². The molecule has 2 aromatic heterocycles. The number of hydrogen-bond donors (Lipinski definition) is 1. The normalized spacial score (nSPS) is 11.0. The molecule has 1 amide bonds. The minimum absolute atomic E-state index is 0.0453. The molecular weight excluding hydrogens is 304 g/mol. The lowest BCUT2D eigenvalue weighted by molar-refractivity contribution is 0.0757. The van der Waals surface area contributed by atoms with Crippen LogP contribution in [0.2, 0.25) is 0 Å². The van der Waals surface area contributed by atoms with Crippen LogP contribution in [-0.2, 0) is 4.74 Å². The summed E-state index contributed by atoms with van der Waals surface area (Å²) in [5.74, 6) is -0.0453. The highest BCUT2D eigenvalue weighted by molar-refractivity contribution is 7.17. The van der Waals surface area contributed by atoms with Crippen LogP contribution in [0.3, 0.4) is 0 Å². The topological polar surface area (TPSA) is 51.2 Å². The Morgan fingerprint density at radius 3 is 2.95 bits per heavy atom. The number of thiazole rings is 1. The molecule has 0 fully saturated rings. The molecule has 0 aliphatic rings. The summed E-state index contributed by atoms with van der Waals surface area (Å²) in [6.07, 6.45) is 1.05. The van der Waals surface area contributed by atoms with Crippen molar-refractivity contribution in [2.75, 3.05) is 13.2 Å². The molecule has 114 valence electrons. The highest BCUT2D eigenvalue weighted by Crippen LogP contribution is 2.29. The van der Waals surface area contributed by atoms with Gasteiger partial charge in [-0.1, -0.05) is 0 Å². The van der Waals surface area contributed by atoms with Gasteiger partial charge >= 0.3 is 0 Å². The SMILES string of the molecule is Cc1nc(-c2ccsc2)sc1C(=O)NCCCOC(C)C. The van der Waals surface area contributed by atoms with Crippen LogP contribution in [-0.4, -0.2) is 30.1 Å². The van der Waals surface area contributed by atoms with Crippen molar-refractivity contribution in [2.24, 2.45) is 0 Å². The van der Waals surface area contributed by atoms with Crippen molar-refractivity contribution in [1.82, 2.24) is 10.3 Å². The predicted molar refractivity (Wildman–Crippen MR) is 88.2 cm³/mol. The average molecular weight is 324 g/mol. The summed E-state index contributed by atoms with van der Waals surface area (Å²) in [4.78, 5) is 17.3. The van der Waals surface area contributed by atoms with Crippen LogP contribution in [0.25, 0.3) is 10.6 Å². The van der Waals surface area contributed by atoms with E-state index >= 15 is 0 Å². The lowest BCUT2D eigenvalue weighted by atomic mass is 10.3. The Balaban J connectivity index is 1.88. The van der Waals surface area contributed by atoms with Gasteiger partial charge in [0.25, 0.3) is 5.91 Å². The number of nitrogens with zero attached hydrogens (tertiary/aromatic N) is 1. The first kappa shape index (κ1) is 16.1. The molecule has 0 aliphatic carbocycles.